The van der Waals surface area contributed by atoms with Crippen molar-refractivity contribution in [1.29, 1.82) is 0 Å². The van der Waals surface area contributed by atoms with Crippen LogP contribution in [0.5, 0.6) is 0 Å². The summed E-state index contributed by atoms with van der Waals surface area (Å²) in [5, 5.41) is 3.20. The van der Waals surface area contributed by atoms with Gasteiger partial charge in [-0.05, 0) is 13.8 Å². The van der Waals surface area contributed by atoms with Crippen LogP contribution in [-0.2, 0) is 14.3 Å². The zero-order valence-corrected chi connectivity index (χ0v) is 8.85. The van der Waals surface area contributed by atoms with E-state index < -0.39 is 0 Å². The minimum absolute atomic E-state index is 0.0945. The fourth-order valence-electron chi connectivity index (χ4n) is 1.02. The molecule has 0 radical (unpaired) electrons. The summed E-state index contributed by atoms with van der Waals surface area (Å²) in [5.74, 6) is -0.194. The Morgan fingerprint density at radius 3 is 2.46 bits per heavy atom. The van der Waals surface area contributed by atoms with Crippen molar-refractivity contribution in [3.8, 4) is 0 Å². The molecule has 13 heavy (non-hydrogen) atoms. The van der Waals surface area contributed by atoms with Crippen molar-refractivity contribution < 1.29 is 14.3 Å². The first-order chi connectivity index (χ1) is 6.02. The van der Waals surface area contributed by atoms with Crippen molar-refractivity contribution in [3.05, 3.63) is 0 Å². The molecule has 0 fully saturated rings. The maximum Gasteiger partial charge on any atom is 0.306 e. The number of carbonyl (C=O) groups excluding carboxylic acids is 1. The molecule has 0 aromatic rings. The van der Waals surface area contributed by atoms with Gasteiger partial charge >= 0.3 is 5.97 Å². The maximum atomic E-state index is 10.8. The molecule has 0 aliphatic carbocycles. The first kappa shape index (κ1) is 12.4. The number of methoxy groups -OCH3 is 2. The Labute approximate surface area is 79.6 Å². The summed E-state index contributed by atoms with van der Waals surface area (Å²) in [7, 11) is 3.05. The minimum atomic E-state index is -0.194. The van der Waals surface area contributed by atoms with Gasteiger partial charge in [0.1, 0.15) is 0 Å². The lowest BCUT2D eigenvalue weighted by Gasteiger charge is -2.24. The van der Waals surface area contributed by atoms with Crippen LogP contribution in [0.3, 0.4) is 0 Å². The van der Waals surface area contributed by atoms with E-state index in [9.17, 15) is 4.79 Å². The lowest BCUT2D eigenvalue weighted by Crippen LogP contribution is -2.44. The first-order valence-electron chi connectivity index (χ1n) is 4.32. The Morgan fingerprint density at radius 1 is 1.38 bits per heavy atom. The average molecular weight is 189 g/mol. The lowest BCUT2D eigenvalue weighted by molar-refractivity contribution is -0.140. The average Bonchev–Trinajstić information content (AvgIpc) is 2.03. The third-order valence-electron chi connectivity index (χ3n) is 1.67. The molecular formula is C9H19NO3. The van der Waals surface area contributed by atoms with E-state index >= 15 is 0 Å². The smallest absolute Gasteiger partial charge is 0.306 e. The Bertz CT molecular complexity index is 157. The molecule has 4 nitrogen and oxygen atoms in total. The van der Waals surface area contributed by atoms with Crippen LogP contribution in [0.1, 0.15) is 20.3 Å². The Balaban J connectivity index is 3.56. The highest BCUT2D eigenvalue weighted by molar-refractivity contribution is 5.69. The molecule has 0 aliphatic heterocycles. The van der Waals surface area contributed by atoms with Crippen molar-refractivity contribution in [2.45, 2.75) is 25.8 Å². The second kappa shape index (κ2) is 5.94. The fourth-order valence-corrected chi connectivity index (χ4v) is 1.02. The summed E-state index contributed by atoms with van der Waals surface area (Å²) in [4.78, 5) is 10.8. The Morgan fingerprint density at radius 2 is 2.00 bits per heavy atom. The van der Waals surface area contributed by atoms with Gasteiger partial charge < -0.3 is 14.8 Å². The van der Waals surface area contributed by atoms with Crippen LogP contribution in [-0.4, -0.2) is 38.9 Å². The van der Waals surface area contributed by atoms with E-state index in [4.69, 9.17) is 4.74 Å². The van der Waals surface area contributed by atoms with Gasteiger partial charge in [0.15, 0.2) is 0 Å². The summed E-state index contributed by atoms with van der Waals surface area (Å²) in [6.07, 6.45) is 0.393. The SMILES string of the molecule is COCC(C)(C)NCCC(=O)OC. The van der Waals surface area contributed by atoms with E-state index in [0.717, 1.165) is 0 Å². The van der Waals surface area contributed by atoms with Crippen LogP contribution < -0.4 is 5.32 Å². The summed E-state index contributed by atoms with van der Waals surface area (Å²) in [5.41, 5.74) is -0.0945. The molecule has 0 saturated heterocycles. The predicted molar refractivity (Wildman–Crippen MR) is 50.6 cm³/mol. The molecule has 0 rings (SSSR count). The van der Waals surface area contributed by atoms with Crippen LogP contribution in [0, 0.1) is 0 Å². The van der Waals surface area contributed by atoms with Gasteiger partial charge in [0.05, 0.1) is 20.1 Å². The zero-order chi connectivity index (χ0) is 10.3. The summed E-state index contributed by atoms with van der Waals surface area (Å²) in [6, 6.07) is 0. The first-order valence-corrected chi connectivity index (χ1v) is 4.32. The second-order valence-corrected chi connectivity index (χ2v) is 3.57. The van der Waals surface area contributed by atoms with Crippen LogP contribution in [0.15, 0.2) is 0 Å². The van der Waals surface area contributed by atoms with Gasteiger partial charge in [0.2, 0.25) is 0 Å². The fraction of sp³-hybridized carbons (Fsp3) is 0.889. The molecule has 0 saturated carbocycles. The van der Waals surface area contributed by atoms with Gasteiger partial charge in [-0.2, -0.15) is 0 Å². The van der Waals surface area contributed by atoms with Crippen LogP contribution in [0.2, 0.25) is 0 Å². The van der Waals surface area contributed by atoms with Crippen molar-refractivity contribution >= 4 is 5.97 Å². The van der Waals surface area contributed by atoms with Crippen LogP contribution in [0.25, 0.3) is 0 Å². The highest BCUT2D eigenvalue weighted by atomic mass is 16.5. The van der Waals surface area contributed by atoms with Gasteiger partial charge in [-0.15, -0.1) is 0 Å². The quantitative estimate of drug-likeness (QED) is 0.620. The zero-order valence-electron chi connectivity index (χ0n) is 8.85. The Hall–Kier alpha value is -0.610. The third kappa shape index (κ3) is 6.54. The topological polar surface area (TPSA) is 47.6 Å². The molecule has 0 amide bonds. The van der Waals surface area contributed by atoms with E-state index in [-0.39, 0.29) is 11.5 Å². The number of esters is 1. The van der Waals surface area contributed by atoms with Crippen LogP contribution >= 0.6 is 0 Å². The second-order valence-electron chi connectivity index (χ2n) is 3.57. The van der Waals surface area contributed by atoms with Crippen molar-refractivity contribution in [2.24, 2.45) is 0 Å². The number of carbonyl (C=O) groups is 1. The highest BCUT2D eigenvalue weighted by Crippen LogP contribution is 2.01. The van der Waals surface area contributed by atoms with Gasteiger partial charge in [-0.1, -0.05) is 0 Å². The van der Waals surface area contributed by atoms with Crippen LogP contribution in [0.4, 0.5) is 0 Å². The molecule has 0 aliphatic rings. The predicted octanol–water partition coefficient (Wildman–Crippen LogP) is 0.564. The van der Waals surface area contributed by atoms with Gasteiger partial charge in [-0.3, -0.25) is 4.79 Å². The van der Waals surface area contributed by atoms with Crippen molar-refractivity contribution in [2.75, 3.05) is 27.4 Å². The number of hydrogen-bond donors (Lipinski definition) is 1. The molecule has 0 aromatic heterocycles. The molecule has 0 aromatic carbocycles. The number of hydrogen-bond acceptors (Lipinski definition) is 4. The molecule has 0 spiro atoms. The summed E-state index contributed by atoms with van der Waals surface area (Å²) < 4.78 is 9.53. The molecule has 78 valence electrons. The molecule has 0 heterocycles. The third-order valence-corrected chi connectivity index (χ3v) is 1.67. The van der Waals surface area contributed by atoms with E-state index in [2.05, 4.69) is 10.1 Å². The number of ether oxygens (including phenoxy) is 2. The van der Waals surface area contributed by atoms with Gasteiger partial charge in [0.25, 0.3) is 0 Å². The van der Waals surface area contributed by atoms with Gasteiger partial charge in [0, 0.05) is 19.2 Å². The lowest BCUT2D eigenvalue weighted by atomic mass is 10.1. The number of rotatable bonds is 6. The highest BCUT2D eigenvalue weighted by Gasteiger charge is 2.16. The summed E-state index contributed by atoms with van der Waals surface area (Å²) >= 11 is 0. The Kier molecular flexibility index (Phi) is 5.66. The largest absolute Gasteiger partial charge is 0.469 e. The van der Waals surface area contributed by atoms with E-state index in [0.29, 0.717) is 19.6 Å². The van der Waals surface area contributed by atoms with E-state index in [1.165, 1.54) is 7.11 Å². The normalized spacial score (nSPS) is 11.4. The molecule has 4 heteroatoms. The monoisotopic (exact) mass is 189 g/mol. The molecular weight excluding hydrogens is 170 g/mol. The van der Waals surface area contributed by atoms with E-state index in [1.807, 2.05) is 13.8 Å². The van der Waals surface area contributed by atoms with Crippen molar-refractivity contribution in [3.63, 3.8) is 0 Å². The standard InChI is InChI=1S/C9H19NO3/c1-9(2,7-12-3)10-6-5-8(11)13-4/h10H,5-7H2,1-4H3. The molecule has 0 bridgehead atoms. The van der Waals surface area contributed by atoms with E-state index in [1.54, 1.807) is 7.11 Å². The molecule has 0 unspecified atom stereocenters. The summed E-state index contributed by atoms with van der Waals surface area (Å²) in [6.45, 7) is 5.28. The number of nitrogens with one attached hydrogen (secondary N) is 1. The maximum absolute atomic E-state index is 10.8. The molecule has 0 atom stereocenters. The minimum Gasteiger partial charge on any atom is -0.469 e. The van der Waals surface area contributed by atoms with Crippen molar-refractivity contribution in [1.82, 2.24) is 5.32 Å². The van der Waals surface area contributed by atoms with Gasteiger partial charge in [-0.25, -0.2) is 0 Å². The molecule has 1 N–H and O–H groups in total.